The van der Waals surface area contributed by atoms with E-state index in [-0.39, 0.29) is 16.2 Å². The average Bonchev–Trinajstić information content (AvgIpc) is 2.97. The van der Waals surface area contributed by atoms with Gasteiger partial charge in [0, 0.05) is 11.5 Å². The van der Waals surface area contributed by atoms with Crippen molar-refractivity contribution in [1.29, 1.82) is 0 Å². The van der Waals surface area contributed by atoms with Crippen LogP contribution in [0.15, 0.2) is 83.8 Å². The Morgan fingerprint density at radius 2 is 1.35 bits per heavy atom. The first-order valence-corrected chi connectivity index (χ1v) is 16.2. The van der Waals surface area contributed by atoms with Gasteiger partial charge in [0.2, 0.25) is 0 Å². The van der Waals surface area contributed by atoms with Gasteiger partial charge in [0.05, 0.1) is 4.90 Å². The Bertz CT molecular complexity index is 1360. The summed E-state index contributed by atoms with van der Waals surface area (Å²) in [5.41, 5.74) is 3.50. The van der Waals surface area contributed by atoms with Gasteiger partial charge in [-0.3, -0.25) is 9.59 Å². The molecule has 0 aliphatic heterocycles. The van der Waals surface area contributed by atoms with Crippen LogP contribution in [-0.4, -0.2) is 30.5 Å². The number of carbonyl (C=O) groups excluding carboxylic acids is 1. The van der Waals surface area contributed by atoms with Crippen LogP contribution in [0.1, 0.15) is 85.3 Å². The van der Waals surface area contributed by atoms with E-state index in [9.17, 15) is 18.0 Å². The molecule has 3 rings (SSSR count). The average molecular weight is 582 g/mol. The summed E-state index contributed by atoms with van der Waals surface area (Å²) in [7, 11) is -4.10. The highest BCUT2D eigenvalue weighted by molar-refractivity contribution is 8.10. The van der Waals surface area contributed by atoms with Gasteiger partial charge >= 0.3 is 5.97 Å². The van der Waals surface area contributed by atoms with Crippen LogP contribution in [0.3, 0.4) is 0 Å². The van der Waals surface area contributed by atoms with Crippen molar-refractivity contribution in [3.8, 4) is 0 Å². The fourth-order valence-electron chi connectivity index (χ4n) is 4.69. The predicted octanol–water partition coefficient (Wildman–Crippen LogP) is 7.20. The minimum Gasteiger partial charge on any atom is -0.480 e. The van der Waals surface area contributed by atoms with Gasteiger partial charge in [-0.25, -0.2) is 8.42 Å². The largest absolute Gasteiger partial charge is 0.480 e. The molecular formula is C32H39NO5S2. The molecule has 6 nitrogen and oxygen atoms in total. The van der Waals surface area contributed by atoms with Crippen LogP contribution in [0, 0.1) is 0 Å². The maximum absolute atomic E-state index is 13.6. The molecule has 2 atom stereocenters. The van der Waals surface area contributed by atoms with Crippen molar-refractivity contribution in [1.82, 2.24) is 4.13 Å². The number of ketones is 1. The Kier molecular flexibility index (Phi) is 12.4. The zero-order valence-electron chi connectivity index (χ0n) is 23.2. The van der Waals surface area contributed by atoms with Gasteiger partial charge in [-0.05, 0) is 55.4 Å². The number of benzene rings is 3. The number of aliphatic carboxylic acids is 1. The molecule has 214 valence electrons. The first-order valence-electron chi connectivity index (χ1n) is 13.9. The summed E-state index contributed by atoms with van der Waals surface area (Å²) in [6, 6.07) is 24.5. The Morgan fingerprint density at radius 3 is 2.05 bits per heavy atom. The maximum Gasteiger partial charge on any atom is 0.317 e. The molecule has 0 bridgehead atoms. The molecule has 40 heavy (non-hydrogen) atoms. The second-order valence-electron chi connectivity index (χ2n) is 10.1. The van der Waals surface area contributed by atoms with E-state index in [2.05, 4.69) is 28.4 Å². The van der Waals surface area contributed by atoms with E-state index in [0.29, 0.717) is 11.9 Å². The van der Waals surface area contributed by atoms with Crippen molar-refractivity contribution in [2.45, 2.75) is 81.3 Å². The summed E-state index contributed by atoms with van der Waals surface area (Å²) in [4.78, 5) is 24.5. The van der Waals surface area contributed by atoms with Crippen LogP contribution in [0.5, 0.6) is 0 Å². The van der Waals surface area contributed by atoms with Crippen molar-refractivity contribution in [3.63, 3.8) is 0 Å². The zero-order chi connectivity index (χ0) is 29.0. The standard InChI is InChI=1S/C32H39NO5S2/c1-24(31(34)29-22-14-15-23-30(29)40(37,38)33-39-25(2)32(35)36)28-21-13-12-20-27(28)19-11-6-4-3-5-8-16-26-17-9-7-10-18-26/h7,9-10,12-15,17-18,20-25,33H,3-6,8,11,16,19H2,1-2H3,(H,35,36). The lowest BCUT2D eigenvalue weighted by Crippen LogP contribution is -2.25. The van der Waals surface area contributed by atoms with Gasteiger partial charge in [-0.15, -0.1) is 0 Å². The number of Topliss-reactive ketones (excluding diaryl/α,β-unsaturated/α-hetero) is 1. The number of hydrogen-bond acceptors (Lipinski definition) is 5. The van der Waals surface area contributed by atoms with Crippen LogP contribution >= 0.6 is 11.9 Å². The molecule has 3 aromatic carbocycles. The highest BCUT2D eigenvalue weighted by Gasteiger charge is 2.28. The van der Waals surface area contributed by atoms with Gasteiger partial charge in [0.25, 0.3) is 10.0 Å². The van der Waals surface area contributed by atoms with E-state index >= 15 is 0 Å². The predicted molar refractivity (Wildman–Crippen MR) is 162 cm³/mol. The summed E-state index contributed by atoms with van der Waals surface area (Å²) in [6.45, 7) is 3.20. The summed E-state index contributed by atoms with van der Waals surface area (Å²) in [6.07, 6.45) is 8.97. The highest BCUT2D eigenvalue weighted by Crippen LogP contribution is 2.29. The van der Waals surface area contributed by atoms with Crippen LogP contribution in [0.2, 0.25) is 0 Å². The Hall–Kier alpha value is -2.94. The van der Waals surface area contributed by atoms with Gasteiger partial charge in [-0.1, -0.05) is 117 Å². The quantitative estimate of drug-likeness (QED) is 0.0993. The molecule has 0 aliphatic carbocycles. The maximum atomic E-state index is 13.6. The number of unbranched alkanes of at least 4 members (excludes halogenated alkanes) is 5. The zero-order valence-corrected chi connectivity index (χ0v) is 24.8. The summed E-state index contributed by atoms with van der Waals surface area (Å²) in [5, 5.41) is 8.10. The lowest BCUT2D eigenvalue weighted by Gasteiger charge is -2.18. The van der Waals surface area contributed by atoms with Crippen molar-refractivity contribution in [2.24, 2.45) is 0 Å². The van der Waals surface area contributed by atoms with Gasteiger partial charge in [-0.2, -0.15) is 4.13 Å². The van der Waals surface area contributed by atoms with Crippen LogP contribution in [-0.2, 0) is 27.7 Å². The van der Waals surface area contributed by atoms with E-state index in [0.717, 1.165) is 36.8 Å². The minimum atomic E-state index is -4.10. The molecule has 2 unspecified atom stereocenters. The number of carboxylic acid groups (broad SMARTS) is 1. The van der Waals surface area contributed by atoms with E-state index in [1.54, 1.807) is 12.1 Å². The molecular weight excluding hydrogens is 542 g/mol. The van der Waals surface area contributed by atoms with Crippen molar-refractivity contribution >= 4 is 33.7 Å². The number of sulfonamides is 1. The third kappa shape index (κ3) is 9.32. The Balaban J connectivity index is 1.57. The summed E-state index contributed by atoms with van der Waals surface area (Å²) >= 11 is 0.581. The second kappa shape index (κ2) is 15.7. The van der Waals surface area contributed by atoms with E-state index < -0.39 is 27.2 Å². The number of carboxylic acids is 1. The van der Waals surface area contributed by atoms with Crippen LogP contribution < -0.4 is 4.13 Å². The van der Waals surface area contributed by atoms with E-state index in [1.807, 2.05) is 37.3 Å². The molecule has 0 saturated carbocycles. The van der Waals surface area contributed by atoms with Crippen LogP contribution in [0.25, 0.3) is 0 Å². The summed E-state index contributed by atoms with van der Waals surface area (Å²) < 4.78 is 28.2. The van der Waals surface area contributed by atoms with Crippen molar-refractivity contribution < 1.29 is 23.1 Å². The monoisotopic (exact) mass is 581 g/mol. The van der Waals surface area contributed by atoms with E-state index in [1.165, 1.54) is 50.3 Å². The van der Waals surface area contributed by atoms with Crippen molar-refractivity contribution in [3.05, 3.63) is 101 Å². The molecule has 0 amide bonds. The number of nitrogens with one attached hydrogen (secondary N) is 1. The Labute approximate surface area is 242 Å². The molecule has 0 saturated heterocycles. The van der Waals surface area contributed by atoms with Crippen molar-refractivity contribution in [2.75, 3.05) is 0 Å². The smallest absolute Gasteiger partial charge is 0.317 e. The molecule has 3 aromatic rings. The fourth-order valence-corrected chi connectivity index (χ4v) is 6.95. The first-order chi connectivity index (χ1) is 19.2. The third-order valence-corrected chi connectivity index (χ3v) is 9.80. The topological polar surface area (TPSA) is 101 Å². The molecule has 0 aromatic heterocycles. The molecule has 0 heterocycles. The van der Waals surface area contributed by atoms with Gasteiger partial charge in [0.1, 0.15) is 5.25 Å². The molecule has 8 heteroatoms. The highest BCUT2D eigenvalue weighted by atomic mass is 32.3. The fraction of sp³-hybridized carbons (Fsp3) is 0.375. The first kappa shape index (κ1) is 31.6. The van der Waals surface area contributed by atoms with Gasteiger partial charge < -0.3 is 5.11 Å². The molecule has 0 spiro atoms. The Morgan fingerprint density at radius 1 is 0.775 bits per heavy atom. The van der Waals surface area contributed by atoms with Gasteiger partial charge in [0.15, 0.2) is 5.78 Å². The van der Waals surface area contributed by atoms with Crippen LogP contribution in [0.4, 0.5) is 0 Å². The number of carbonyl (C=O) groups is 2. The molecule has 0 fully saturated rings. The second-order valence-corrected chi connectivity index (χ2v) is 13.1. The van der Waals surface area contributed by atoms with E-state index in [4.69, 9.17) is 5.11 Å². The molecule has 2 N–H and O–H groups in total. The number of rotatable bonds is 17. The lowest BCUT2D eigenvalue weighted by atomic mass is 9.87. The molecule has 0 radical (unpaired) electrons. The lowest BCUT2D eigenvalue weighted by molar-refractivity contribution is -0.136. The normalized spacial score (nSPS) is 13.1. The SMILES string of the molecule is CC(SNS(=O)(=O)c1ccccc1C(=O)C(C)c1ccccc1CCCCCCCCc1ccccc1)C(=O)O. The minimum absolute atomic E-state index is 0.0939. The number of hydrogen-bond donors (Lipinski definition) is 2. The molecule has 0 aliphatic rings. The third-order valence-electron chi connectivity index (χ3n) is 7.04. The number of aryl methyl sites for hydroxylation is 2. The summed E-state index contributed by atoms with van der Waals surface area (Å²) in [5.74, 6) is -1.95.